The summed E-state index contributed by atoms with van der Waals surface area (Å²) in [7, 11) is 3.96. The highest BCUT2D eigenvalue weighted by Gasteiger charge is 2.14. The summed E-state index contributed by atoms with van der Waals surface area (Å²) in [6.45, 7) is 8.53. The fourth-order valence-corrected chi connectivity index (χ4v) is 3.51. The molecule has 0 amide bonds. The predicted octanol–water partition coefficient (Wildman–Crippen LogP) is 2.67. The molecule has 31 heavy (non-hydrogen) atoms. The van der Waals surface area contributed by atoms with Gasteiger partial charge in [-0.1, -0.05) is 36.4 Å². The van der Waals surface area contributed by atoms with Gasteiger partial charge in [-0.25, -0.2) is 4.98 Å². The van der Waals surface area contributed by atoms with Crippen LogP contribution in [0.1, 0.15) is 30.6 Å². The first kappa shape index (κ1) is 23.0. The van der Waals surface area contributed by atoms with Gasteiger partial charge in [0.1, 0.15) is 5.82 Å². The summed E-state index contributed by atoms with van der Waals surface area (Å²) in [6, 6.07) is 14.6. The van der Waals surface area contributed by atoms with Crippen LogP contribution in [0.4, 0.5) is 5.82 Å². The van der Waals surface area contributed by atoms with Gasteiger partial charge in [0.2, 0.25) is 0 Å². The van der Waals surface area contributed by atoms with Crippen LogP contribution in [0.3, 0.4) is 0 Å². The van der Waals surface area contributed by atoms with Crippen LogP contribution in [0.5, 0.6) is 0 Å². The molecule has 0 saturated carbocycles. The van der Waals surface area contributed by atoms with Gasteiger partial charge in [-0.2, -0.15) is 0 Å². The van der Waals surface area contributed by atoms with Crippen LogP contribution in [0, 0.1) is 0 Å². The molecule has 7 nitrogen and oxygen atoms in total. The van der Waals surface area contributed by atoms with Gasteiger partial charge >= 0.3 is 0 Å². The number of anilines is 1. The predicted molar refractivity (Wildman–Crippen MR) is 128 cm³/mol. The first-order valence-corrected chi connectivity index (χ1v) is 11.1. The number of rotatable bonds is 9. The Balaban J connectivity index is 1.33. The second-order valence-corrected chi connectivity index (χ2v) is 7.94. The highest BCUT2D eigenvalue weighted by Crippen LogP contribution is 2.16. The molecular formula is C24H36N6O. The van der Waals surface area contributed by atoms with E-state index >= 15 is 0 Å². The number of nitrogens with one attached hydrogen (secondary N) is 2. The lowest BCUT2D eigenvalue weighted by Gasteiger charge is -2.33. The second-order valence-electron chi connectivity index (χ2n) is 7.94. The fraction of sp³-hybridized carbons (Fsp3) is 0.500. The van der Waals surface area contributed by atoms with Crippen LogP contribution < -0.4 is 15.5 Å². The Labute approximate surface area is 186 Å². The molecule has 0 spiro atoms. The Kier molecular flexibility index (Phi) is 9.12. The molecule has 0 bridgehead atoms. The summed E-state index contributed by atoms with van der Waals surface area (Å²) in [5, 5.41) is 6.70. The van der Waals surface area contributed by atoms with Gasteiger partial charge in [-0.05, 0) is 37.6 Å². The number of aromatic nitrogens is 1. The van der Waals surface area contributed by atoms with Crippen molar-refractivity contribution in [2.75, 3.05) is 58.3 Å². The Bertz CT molecular complexity index is 787. The van der Waals surface area contributed by atoms with E-state index in [4.69, 9.17) is 4.74 Å². The molecule has 7 heteroatoms. The van der Waals surface area contributed by atoms with Crippen molar-refractivity contribution in [2.24, 2.45) is 4.99 Å². The summed E-state index contributed by atoms with van der Waals surface area (Å²) in [5.74, 6) is 1.85. The highest BCUT2D eigenvalue weighted by molar-refractivity contribution is 5.79. The maximum absolute atomic E-state index is 5.92. The summed E-state index contributed by atoms with van der Waals surface area (Å²) in [5.41, 5.74) is 2.35. The topological polar surface area (TPSA) is 65.0 Å². The maximum Gasteiger partial charge on any atom is 0.191 e. The Morgan fingerprint density at radius 1 is 1.10 bits per heavy atom. The minimum atomic E-state index is 0.111. The monoisotopic (exact) mass is 424 g/mol. The fourth-order valence-electron chi connectivity index (χ4n) is 3.51. The highest BCUT2D eigenvalue weighted by atomic mass is 16.5. The van der Waals surface area contributed by atoms with Crippen LogP contribution in [0.15, 0.2) is 53.7 Å². The average Bonchev–Trinajstić information content (AvgIpc) is 2.82. The van der Waals surface area contributed by atoms with Gasteiger partial charge in [-0.3, -0.25) is 4.99 Å². The molecule has 1 aliphatic heterocycles. The number of aliphatic imine (C=N–C) groups is 1. The zero-order valence-electron chi connectivity index (χ0n) is 19.1. The van der Waals surface area contributed by atoms with E-state index in [0.29, 0.717) is 13.2 Å². The lowest BCUT2D eigenvalue weighted by Crippen LogP contribution is -2.44. The number of hydrogen-bond donors (Lipinski definition) is 2. The molecular weight excluding hydrogens is 388 g/mol. The summed E-state index contributed by atoms with van der Waals surface area (Å²) >= 11 is 0. The number of likely N-dealkylation sites (N-methyl/N-ethyl adjacent to an activating group) is 1. The molecule has 1 aromatic heterocycles. The van der Waals surface area contributed by atoms with Crippen molar-refractivity contribution in [3.05, 3.63) is 59.8 Å². The van der Waals surface area contributed by atoms with E-state index in [-0.39, 0.29) is 6.10 Å². The van der Waals surface area contributed by atoms with Crippen LogP contribution >= 0.6 is 0 Å². The smallest absolute Gasteiger partial charge is 0.191 e. The van der Waals surface area contributed by atoms with Crippen molar-refractivity contribution in [1.29, 1.82) is 0 Å². The lowest BCUT2D eigenvalue weighted by molar-refractivity contribution is 0.0646. The third kappa shape index (κ3) is 7.52. The Morgan fingerprint density at radius 3 is 2.55 bits per heavy atom. The molecule has 2 N–H and O–H groups in total. The van der Waals surface area contributed by atoms with Crippen molar-refractivity contribution >= 4 is 11.8 Å². The number of guanidine groups is 1. The number of piperazine rings is 1. The van der Waals surface area contributed by atoms with Crippen LogP contribution in [-0.4, -0.2) is 69.3 Å². The van der Waals surface area contributed by atoms with Gasteiger partial charge in [0, 0.05) is 59.1 Å². The maximum atomic E-state index is 5.92. The molecule has 168 valence electrons. The van der Waals surface area contributed by atoms with Crippen molar-refractivity contribution in [3.8, 4) is 0 Å². The molecule has 1 unspecified atom stereocenters. The van der Waals surface area contributed by atoms with Gasteiger partial charge in [0.15, 0.2) is 5.96 Å². The lowest BCUT2D eigenvalue weighted by atomic mass is 10.1. The van der Waals surface area contributed by atoms with Gasteiger partial charge in [-0.15, -0.1) is 0 Å². The van der Waals surface area contributed by atoms with Crippen LogP contribution in [0.25, 0.3) is 0 Å². The van der Waals surface area contributed by atoms with E-state index < -0.39 is 0 Å². The molecule has 2 heterocycles. The minimum Gasteiger partial charge on any atom is -0.374 e. The molecule has 0 radical (unpaired) electrons. The van der Waals surface area contributed by atoms with Crippen molar-refractivity contribution in [3.63, 3.8) is 0 Å². The Morgan fingerprint density at radius 2 is 1.87 bits per heavy atom. The van der Waals surface area contributed by atoms with Crippen molar-refractivity contribution in [2.45, 2.75) is 26.0 Å². The zero-order chi connectivity index (χ0) is 21.9. The summed E-state index contributed by atoms with van der Waals surface area (Å²) in [6.07, 6.45) is 2.98. The molecule has 1 fully saturated rings. The largest absolute Gasteiger partial charge is 0.374 e. The van der Waals surface area contributed by atoms with Crippen LogP contribution in [0.2, 0.25) is 0 Å². The molecule has 2 aromatic rings. The standard InChI is InChI=1S/C24H36N6O/c1-20(22-8-5-4-6-9-22)31-17-7-12-26-24(25-2)28-19-21-10-11-23(27-18-21)30-15-13-29(3)14-16-30/h4-6,8-11,18,20H,7,12-17,19H2,1-3H3,(H2,25,26,28). The number of nitrogens with zero attached hydrogens (tertiary/aromatic N) is 4. The normalized spacial score (nSPS) is 16.2. The third-order valence-electron chi connectivity index (χ3n) is 5.57. The Hall–Kier alpha value is -2.64. The van der Waals surface area contributed by atoms with E-state index in [9.17, 15) is 0 Å². The van der Waals surface area contributed by atoms with E-state index in [2.05, 4.69) is 68.6 Å². The number of benzene rings is 1. The number of ether oxygens (including phenoxy) is 1. The zero-order valence-corrected chi connectivity index (χ0v) is 19.1. The van der Waals surface area contributed by atoms with E-state index in [1.165, 1.54) is 5.56 Å². The van der Waals surface area contributed by atoms with Gasteiger partial charge < -0.3 is 25.2 Å². The van der Waals surface area contributed by atoms with Crippen LogP contribution in [-0.2, 0) is 11.3 Å². The average molecular weight is 425 g/mol. The van der Waals surface area contributed by atoms with Crippen molar-refractivity contribution < 1.29 is 4.74 Å². The molecule has 1 aliphatic rings. The molecule has 1 aromatic carbocycles. The second kappa shape index (κ2) is 12.3. The molecule has 1 atom stereocenters. The minimum absolute atomic E-state index is 0.111. The molecule has 1 saturated heterocycles. The quantitative estimate of drug-likeness (QED) is 0.367. The summed E-state index contributed by atoms with van der Waals surface area (Å²) < 4.78 is 5.92. The van der Waals surface area contributed by atoms with Gasteiger partial charge in [0.05, 0.1) is 6.10 Å². The number of pyridine rings is 1. The van der Waals surface area contributed by atoms with E-state index in [0.717, 1.165) is 56.5 Å². The van der Waals surface area contributed by atoms with E-state index in [1.807, 2.05) is 24.4 Å². The third-order valence-corrected chi connectivity index (χ3v) is 5.57. The van der Waals surface area contributed by atoms with E-state index in [1.54, 1.807) is 7.05 Å². The van der Waals surface area contributed by atoms with Crippen molar-refractivity contribution in [1.82, 2.24) is 20.5 Å². The summed E-state index contributed by atoms with van der Waals surface area (Å²) in [4.78, 5) is 13.6. The molecule has 0 aliphatic carbocycles. The first-order valence-electron chi connectivity index (χ1n) is 11.1. The molecule has 3 rings (SSSR count). The first-order chi connectivity index (χ1) is 15.2. The SMILES string of the molecule is CN=C(NCCCOC(C)c1ccccc1)NCc1ccc(N2CCN(C)CC2)nc1. The van der Waals surface area contributed by atoms with Gasteiger partial charge in [0.25, 0.3) is 0 Å². The number of hydrogen-bond acceptors (Lipinski definition) is 5.